The van der Waals surface area contributed by atoms with E-state index in [2.05, 4.69) is 158 Å². The molecule has 0 bridgehead atoms. The van der Waals surface area contributed by atoms with Crippen molar-refractivity contribution in [3.05, 3.63) is 158 Å². The van der Waals surface area contributed by atoms with Gasteiger partial charge >= 0.3 is 0 Å². The van der Waals surface area contributed by atoms with E-state index in [1.165, 1.54) is 76.5 Å². The van der Waals surface area contributed by atoms with Crippen LogP contribution < -0.4 is 0 Å². The average molecular weight is 507 g/mol. The second-order valence-corrected chi connectivity index (χ2v) is 10.5. The Morgan fingerprint density at radius 2 is 0.825 bits per heavy atom. The van der Waals surface area contributed by atoms with Crippen LogP contribution in [0.25, 0.3) is 76.5 Å². The monoisotopic (exact) mass is 506 g/mol. The lowest BCUT2D eigenvalue weighted by molar-refractivity contribution is 1.65. The van der Waals surface area contributed by atoms with Crippen LogP contribution in [-0.4, -0.2) is 0 Å². The highest BCUT2D eigenvalue weighted by Gasteiger charge is 2.18. The summed E-state index contributed by atoms with van der Waals surface area (Å²) in [5, 5.41) is 10.2. The molecule has 0 heteroatoms. The van der Waals surface area contributed by atoms with Gasteiger partial charge in [-0.05, 0) is 88.6 Å². The fourth-order valence-corrected chi connectivity index (χ4v) is 6.38. The van der Waals surface area contributed by atoms with Gasteiger partial charge in [-0.15, -0.1) is 0 Å². The van der Waals surface area contributed by atoms with Gasteiger partial charge in [0, 0.05) is 0 Å². The van der Waals surface area contributed by atoms with Gasteiger partial charge < -0.3 is 0 Å². The summed E-state index contributed by atoms with van der Waals surface area (Å²) < 4.78 is 0. The average Bonchev–Trinajstić information content (AvgIpc) is 3.03. The first kappa shape index (κ1) is 22.8. The Bertz CT molecular complexity index is 2200. The van der Waals surface area contributed by atoms with E-state index in [4.69, 9.17) is 0 Å². The third kappa shape index (κ3) is 3.61. The summed E-state index contributed by atoms with van der Waals surface area (Å²) in [4.78, 5) is 0. The molecule has 8 rings (SSSR count). The molecule has 0 N–H and O–H groups in total. The minimum Gasteiger partial charge on any atom is -0.0622 e. The minimum atomic E-state index is 1.23. The largest absolute Gasteiger partial charge is 0.0622 e. The molecule has 0 amide bonds. The van der Waals surface area contributed by atoms with Crippen molar-refractivity contribution in [2.24, 2.45) is 0 Å². The summed E-state index contributed by atoms with van der Waals surface area (Å²) in [6.45, 7) is 0. The smallest absolute Gasteiger partial charge is 0.00199 e. The highest BCUT2D eigenvalue weighted by Crippen LogP contribution is 2.46. The highest BCUT2D eigenvalue weighted by molar-refractivity contribution is 6.24. The molecule has 0 saturated carbocycles. The van der Waals surface area contributed by atoms with Crippen LogP contribution >= 0.6 is 0 Å². The van der Waals surface area contributed by atoms with Gasteiger partial charge in [-0.2, -0.15) is 0 Å². The molecule has 40 heavy (non-hydrogen) atoms. The maximum absolute atomic E-state index is 2.41. The van der Waals surface area contributed by atoms with Crippen molar-refractivity contribution < 1.29 is 0 Å². The van der Waals surface area contributed by atoms with Crippen molar-refractivity contribution in [3.8, 4) is 33.4 Å². The molecule has 0 aliphatic rings. The summed E-state index contributed by atoms with van der Waals surface area (Å²) in [5.41, 5.74) is 7.57. The molecule has 0 saturated heterocycles. The van der Waals surface area contributed by atoms with E-state index in [1.807, 2.05) is 0 Å². The molecule has 0 aliphatic heterocycles. The zero-order valence-electron chi connectivity index (χ0n) is 22.0. The third-order valence-electron chi connectivity index (χ3n) is 8.23. The van der Waals surface area contributed by atoms with Crippen molar-refractivity contribution in [2.75, 3.05) is 0 Å². The summed E-state index contributed by atoms with van der Waals surface area (Å²) in [6.07, 6.45) is 0. The second-order valence-electron chi connectivity index (χ2n) is 10.5. The van der Waals surface area contributed by atoms with Gasteiger partial charge in [0.1, 0.15) is 0 Å². The van der Waals surface area contributed by atoms with E-state index in [0.717, 1.165) is 0 Å². The maximum atomic E-state index is 2.41. The van der Waals surface area contributed by atoms with Gasteiger partial charge in [0.2, 0.25) is 0 Å². The zero-order valence-corrected chi connectivity index (χ0v) is 22.0. The molecule has 0 nitrogen and oxygen atoms in total. The molecule has 0 aliphatic carbocycles. The van der Waals surface area contributed by atoms with Crippen molar-refractivity contribution in [1.82, 2.24) is 0 Å². The Morgan fingerprint density at radius 3 is 1.65 bits per heavy atom. The van der Waals surface area contributed by atoms with Gasteiger partial charge in [0.25, 0.3) is 0 Å². The van der Waals surface area contributed by atoms with Crippen molar-refractivity contribution in [1.29, 1.82) is 0 Å². The van der Waals surface area contributed by atoms with E-state index in [9.17, 15) is 0 Å². The Kier molecular flexibility index (Phi) is 5.24. The number of benzene rings is 8. The zero-order chi connectivity index (χ0) is 26.5. The van der Waals surface area contributed by atoms with Crippen LogP contribution in [-0.2, 0) is 0 Å². The topological polar surface area (TPSA) is 0 Å². The van der Waals surface area contributed by atoms with Crippen molar-refractivity contribution >= 4 is 43.1 Å². The number of hydrogen-bond acceptors (Lipinski definition) is 0. The lowest BCUT2D eigenvalue weighted by atomic mass is 9.83. The van der Waals surface area contributed by atoms with Crippen LogP contribution in [0.4, 0.5) is 0 Å². The fraction of sp³-hybridized carbons (Fsp3) is 0. The van der Waals surface area contributed by atoms with Crippen molar-refractivity contribution in [2.45, 2.75) is 0 Å². The normalized spacial score (nSPS) is 11.5. The third-order valence-corrected chi connectivity index (χ3v) is 8.23. The molecule has 8 aromatic carbocycles. The van der Waals surface area contributed by atoms with E-state index in [1.54, 1.807) is 0 Å². The predicted octanol–water partition coefficient (Wildman–Crippen LogP) is 11.3. The van der Waals surface area contributed by atoms with Crippen LogP contribution in [0.3, 0.4) is 0 Å². The van der Waals surface area contributed by atoms with E-state index in [0.29, 0.717) is 0 Å². The van der Waals surface area contributed by atoms with Crippen LogP contribution in [0, 0.1) is 0 Å². The first-order valence-electron chi connectivity index (χ1n) is 13.9. The highest BCUT2D eigenvalue weighted by atomic mass is 14.2. The molecule has 0 spiro atoms. The molecule has 0 aromatic heterocycles. The van der Waals surface area contributed by atoms with Crippen LogP contribution in [0.5, 0.6) is 0 Å². The summed E-state index contributed by atoms with van der Waals surface area (Å²) >= 11 is 0. The fourth-order valence-electron chi connectivity index (χ4n) is 6.38. The van der Waals surface area contributed by atoms with E-state index >= 15 is 0 Å². The lowest BCUT2D eigenvalue weighted by Gasteiger charge is -2.19. The molecule has 8 aromatic rings. The molecule has 0 fully saturated rings. The number of rotatable bonds is 3. The maximum Gasteiger partial charge on any atom is -0.00199 e. The van der Waals surface area contributed by atoms with Crippen molar-refractivity contribution in [3.63, 3.8) is 0 Å². The lowest BCUT2D eigenvalue weighted by Crippen LogP contribution is -1.92. The molecular formula is C40H26. The van der Waals surface area contributed by atoms with E-state index < -0.39 is 0 Å². The first-order chi connectivity index (χ1) is 19.8. The van der Waals surface area contributed by atoms with Gasteiger partial charge in [-0.1, -0.05) is 146 Å². The number of hydrogen-bond donors (Lipinski definition) is 0. The number of fused-ring (bicyclic) bond motifs is 4. The molecule has 186 valence electrons. The first-order valence-corrected chi connectivity index (χ1v) is 13.9. The molecule has 0 radical (unpaired) electrons. The SMILES string of the molecule is c1ccc(-c2c3ccccc3c(-c3cccc4ccccc34)c3cc(-c4ccc5ccccc5c4)ccc23)cc1. The van der Waals surface area contributed by atoms with Crippen LogP contribution in [0.15, 0.2) is 158 Å². The van der Waals surface area contributed by atoms with Gasteiger partial charge in [-0.25, -0.2) is 0 Å². The van der Waals surface area contributed by atoms with Gasteiger partial charge in [0.15, 0.2) is 0 Å². The minimum absolute atomic E-state index is 1.23. The summed E-state index contributed by atoms with van der Waals surface area (Å²) in [6, 6.07) is 57.6. The Hall–Kier alpha value is -5.20. The van der Waals surface area contributed by atoms with Crippen LogP contribution in [0.2, 0.25) is 0 Å². The Morgan fingerprint density at radius 1 is 0.250 bits per heavy atom. The molecular weight excluding hydrogens is 480 g/mol. The van der Waals surface area contributed by atoms with E-state index in [-0.39, 0.29) is 0 Å². The summed E-state index contributed by atoms with van der Waals surface area (Å²) in [5.74, 6) is 0. The molecule has 0 unspecified atom stereocenters. The summed E-state index contributed by atoms with van der Waals surface area (Å²) in [7, 11) is 0. The molecule has 0 atom stereocenters. The predicted molar refractivity (Wildman–Crippen MR) is 173 cm³/mol. The molecule has 0 heterocycles. The second kappa shape index (κ2) is 9.22. The Balaban J connectivity index is 1.53. The quantitative estimate of drug-likeness (QED) is 0.209. The Labute approximate surface area is 233 Å². The van der Waals surface area contributed by atoms with Gasteiger partial charge in [-0.3, -0.25) is 0 Å². The van der Waals surface area contributed by atoms with Crippen LogP contribution in [0.1, 0.15) is 0 Å². The standard InChI is InChI=1S/C40H26/c1-2-13-29(14-3-1)39-35-18-8-9-19-36(35)40(34-20-10-16-28-12-6-7-17-33(28)34)38-26-32(23-24-37(38)39)31-22-21-27-11-4-5-15-30(27)25-31/h1-26H. The van der Waals surface area contributed by atoms with Gasteiger partial charge in [0.05, 0.1) is 0 Å².